The third-order valence-electron chi connectivity index (χ3n) is 4.26. The summed E-state index contributed by atoms with van der Waals surface area (Å²) in [5.74, 6) is -1.63. The van der Waals surface area contributed by atoms with Crippen LogP contribution in [0.15, 0.2) is 54.6 Å². The van der Waals surface area contributed by atoms with Crippen molar-refractivity contribution in [2.75, 3.05) is 13.1 Å². The second-order valence-corrected chi connectivity index (χ2v) is 5.78. The summed E-state index contributed by atoms with van der Waals surface area (Å²) >= 11 is 0. The van der Waals surface area contributed by atoms with Crippen LogP contribution in [0.3, 0.4) is 0 Å². The first kappa shape index (κ1) is 14.7. The highest BCUT2D eigenvalue weighted by Gasteiger charge is 2.38. The summed E-state index contributed by atoms with van der Waals surface area (Å²) in [6.07, 6.45) is 0. The molecule has 0 aliphatic carbocycles. The number of benzene rings is 2. The van der Waals surface area contributed by atoms with Crippen LogP contribution in [0.5, 0.6) is 0 Å². The summed E-state index contributed by atoms with van der Waals surface area (Å²) in [6.45, 7) is 1.94. The Bertz CT molecular complexity index is 642. The van der Waals surface area contributed by atoms with Gasteiger partial charge in [0.1, 0.15) is 5.82 Å². The van der Waals surface area contributed by atoms with Crippen LogP contribution in [0.1, 0.15) is 17.0 Å². The Morgan fingerprint density at radius 2 is 1.77 bits per heavy atom. The first-order chi connectivity index (χ1) is 10.6. The van der Waals surface area contributed by atoms with E-state index in [1.54, 1.807) is 12.1 Å². The van der Waals surface area contributed by atoms with Crippen LogP contribution in [0.2, 0.25) is 0 Å². The van der Waals surface area contributed by atoms with Gasteiger partial charge in [-0.15, -0.1) is 0 Å². The van der Waals surface area contributed by atoms with Crippen molar-refractivity contribution in [2.45, 2.75) is 12.5 Å². The SMILES string of the molecule is O=C(O)[C@@H]1CN(Cc2ccccc2)C[C@@H]1c1ccc(F)cc1. The Morgan fingerprint density at radius 1 is 1.09 bits per heavy atom. The molecule has 3 rings (SSSR count). The molecule has 4 heteroatoms. The standard InChI is InChI=1S/C18H18FNO2/c19-15-8-6-14(7-9-15)16-11-20(12-17(16)18(21)22)10-13-4-2-1-3-5-13/h1-9,16-17H,10-12H2,(H,21,22)/t16-,17-/m1/s1. The van der Waals surface area contributed by atoms with Crippen molar-refractivity contribution >= 4 is 5.97 Å². The molecule has 1 fully saturated rings. The van der Waals surface area contributed by atoms with Crippen LogP contribution in [-0.2, 0) is 11.3 Å². The number of nitrogens with zero attached hydrogens (tertiary/aromatic N) is 1. The molecule has 1 aliphatic heterocycles. The van der Waals surface area contributed by atoms with Gasteiger partial charge in [0.25, 0.3) is 0 Å². The van der Waals surface area contributed by atoms with Crippen molar-refractivity contribution < 1.29 is 14.3 Å². The zero-order valence-corrected chi connectivity index (χ0v) is 12.2. The van der Waals surface area contributed by atoms with Gasteiger partial charge in [0, 0.05) is 25.6 Å². The van der Waals surface area contributed by atoms with Gasteiger partial charge in [-0.05, 0) is 23.3 Å². The molecule has 2 aromatic rings. The smallest absolute Gasteiger partial charge is 0.308 e. The molecular formula is C18H18FNO2. The Kier molecular flexibility index (Phi) is 4.20. The van der Waals surface area contributed by atoms with Gasteiger partial charge in [-0.3, -0.25) is 9.69 Å². The van der Waals surface area contributed by atoms with E-state index in [0.717, 1.165) is 12.1 Å². The molecule has 0 spiro atoms. The number of hydrogen-bond acceptors (Lipinski definition) is 2. The van der Waals surface area contributed by atoms with Crippen LogP contribution in [0.25, 0.3) is 0 Å². The van der Waals surface area contributed by atoms with E-state index in [-0.39, 0.29) is 11.7 Å². The lowest BCUT2D eigenvalue weighted by atomic mass is 9.89. The van der Waals surface area contributed by atoms with Gasteiger partial charge >= 0.3 is 5.97 Å². The molecule has 1 saturated heterocycles. The summed E-state index contributed by atoms with van der Waals surface area (Å²) in [7, 11) is 0. The monoisotopic (exact) mass is 299 g/mol. The normalized spacial score (nSPS) is 21.9. The fourth-order valence-electron chi connectivity index (χ4n) is 3.15. The van der Waals surface area contributed by atoms with Crippen molar-refractivity contribution in [3.63, 3.8) is 0 Å². The quantitative estimate of drug-likeness (QED) is 0.943. The van der Waals surface area contributed by atoms with Gasteiger partial charge in [-0.25, -0.2) is 4.39 Å². The highest BCUT2D eigenvalue weighted by Crippen LogP contribution is 2.33. The number of carboxylic acid groups (broad SMARTS) is 1. The zero-order valence-electron chi connectivity index (χ0n) is 12.2. The van der Waals surface area contributed by atoms with Gasteiger partial charge < -0.3 is 5.11 Å². The first-order valence-electron chi connectivity index (χ1n) is 7.38. The highest BCUT2D eigenvalue weighted by molar-refractivity contribution is 5.72. The Hall–Kier alpha value is -2.20. The molecule has 114 valence electrons. The average Bonchev–Trinajstić information content (AvgIpc) is 2.93. The number of hydrogen-bond donors (Lipinski definition) is 1. The third-order valence-corrected chi connectivity index (χ3v) is 4.26. The lowest BCUT2D eigenvalue weighted by molar-refractivity contribution is -0.141. The summed E-state index contributed by atoms with van der Waals surface area (Å²) in [5, 5.41) is 9.48. The van der Waals surface area contributed by atoms with Crippen molar-refractivity contribution in [1.29, 1.82) is 0 Å². The van der Waals surface area contributed by atoms with Gasteiger partial charge in [0.05, 0.1) is 5.92 Å². The Morgan fingerprint density at radius 3 is 2.41 bits per heavy atom. The molecule has 0 amide bonds. The molecule has 0 bridgehead atoms. The van der Waals surface area contributed by atoms with Crippen LogP contribution >= 0.6 is 0 Å². The molecule has 0 radical (unpaired) electrons. The lowest BCUT2D eigenvalue weighted by Crippen LogP contribution is -2.23. The molecule has 1 aliphatic rings. The molecule has 0 saturated carbocycles. The predicted octanol–water partition coefficient (Wildman–Crippen LogP) is 3.13. The average molecular weight is 299 g/mol. The molecule has 0 aromatic heterocycles. The fraction of sp³-hybridized carbons (Fsp3) is 0.278. The van der Waals surface area contributed by atoms with Crippen molar-refractivity contribution in [3.8, 4) is 0 Å². The second-order valence-electron chi connectivity index (χ2n) is 5.78. The van der Waals surface area contributed by atoms with E-state index in [0.29, 0.717) is 13.1 Å². The van der Waals surface area contributed by atoms with E-state index in [1.807, 2.05) is 30.3 Å². The number of halogens is 1. The van der Waals surface area contributed by atoms with Crippen molar-refractivity contribution in [1.82, 2.24) is 4.90 Å². The minimum atomic E-state index is -0.787. The number of rotatable bonds is 4. The van der Waals surface area contributed by atoms with E-state index in [4.69, 9.17) is 0 Å². The van der Waals surface area contributed by atoms with E-state index in [2.05, 4.69) is 4.90 Å². The molecular weight excluding hydrogens is 281 g/mol. The molecule has 22 heavy (non-hydrogen) atoms. The molecule has 3 nitrogen and oxygen atoms in total. The molecule has 2 atom stereocenters. The third kappa shape index (κ3) is 3.17. The van der Waals surface area contributed by atoms with Gasteiger partial charge in [-0.2, -0.15) is 0 Å². The van der Waals surface area contributed by atoms with Crippen molar-refractivity contribution in [3.05, 3.63) is 71.5 Å². The van der Waals surface area contributed by atoms with Crippen molar-refractivity contribution in [2.24, 2.45) is 5.92 Å². The van der Waals surface area contributed by atoms with Gasteiger partial charge in [0.2, 0.25) is 0 Å². The number of carbonyl (C=O) groups is 1. The van der Waals surface area contributed by atoms with Crippen LogP contribution < -0.4 is 0 Å². The second kappa shape index (κ2) is 6.28. The topological polar surface area (TPSA) is 40.5 Å². The summed E-state index contributed by atoms with van der Waals surface area (Å²) in [5.41, 5.74) is 2.07. The number of carboxylic acids is 1. The zero-order chi connectivity index (χ0) is 15.5. The molecule has 1 N–H and O–H groups in total. The van der Waals surface area contributed by atoms with E-state index in [9.17, 15) is 14.3 Å². The van der Waals surface area contributed by atoms with Gasteiger partial charge in [-0.1, -0.05) is 42.5 Å². The Labute approximate surface area is 129 Å². The molecule has 1 heterocycles. The minimum Gasteiger partial charge on any atom is -0.481 e. The summed E-state index contributed by atoms with van der Waals surface area (Å²) in [4.78, 5) is 13.7. The first-order valence-corrected chi connectivity index (χ1v) is 7.38. The lowest BCUT2D eigenvalue weighted by Gasteiger charge is -2.16. The van der Waals surface area contributed by atoms with E-state index >= 15 is 0 Å². The minimum absolute atomic E-state index is 0.0955. The fourth-order valence-corrected chi connectivity index (χ4v) is 3.15. The van der Waals surface area contributed by atoms with Crippen LogP contribution in [-0.4, -0.2) is 29.1 Å². The van der Waals surface area contributed by atoms with E-state index < -0.39 is 11.9 Å². The maximum absolute atomic E-state index is 13.1. The largest absolute Gasteiger partial charge is 0.481 e. The summed E-state index contributed by atoms with van der Waals surface area (Å²) in [6, 6.07) is 16.2. The van der Waals surface area contributed by atoms with E-state index in [1.165, 1.54) is 17.7 Å². The van der Waals surface area contributed by atoms with Crippen LogP contribution in [0.4, 0.5) is 4.39 Å². The van der Waals surface area contributed by atoms with Crippen LogP contribution in [0, 0.1) is 11.7 Å². The van der Waals surface area contributed by atoms with Gasteiger partial charge in [0.15, 0.2) is 0 Å². The maximum Gasteiger partial charge on any atom is 0.308 e. The summed E-state index contributed by atoms with van der Waals surface area (Å²) < 4.78 is 13.1. The number of likely N-dealkylation sites (tertiary alicyclic amines) is 1. The number of aliphatic carboxylic acids is 1. The maximum atomic E-state index is 13.1. The highest BCUT2D eigenvalue weighted by atomic mass is 19.1. The Balaban J connectivity index is 1.77. The molecule has 0 unspecified atom stereocenters. The predicted molar refractivity (Wildman–Crippen MR) is 82.0 cm³/mol. The molecule has 2 aromatic carbocycles.